The molecule has 2 rings (SSSR count). The van der Waals surface area contributed by atoms with Gasteiger partial charge in [0, 0.05) is 10.7 Å². The Morgan fingerprint density at radius 3 is 2.45 bits per heavy atom. The van der Waals surface area contributed by atoms with Crippen molar-refractivity contribution < 1.29 is 9.53 Å². The van der Waals surface area contributed by atoms with E-state index >= 15 is 0 Å². The fourth-order valence-corrected chi connectivity index (χ4v) is 2.33. The summed E-state index contributed by atoms with van der Waals surface area (Å²) in [6.45, 7) is 3.53. The maximum Gasteiger partial charge on any atom is 0.265 e. The number of aryl methyl sites for hydroxylation is 1. The summed E-state index contributed by atoms with van der Waals surface area (Å²) < 4.78 is 5.66. The first-order valence-electron chi connectivity index (χ1n) is 6.55. The Bertz CT molecular complexity index is 704. The lowest BCUT2D eigenvalue weighted by Gasteiger charge is -2.16. The van der Waals surface area contributed by atoms with Crippen molar-refractivity contribution >= 4 is 46.4 Å². The van der Waals surface area contributed by atoms with Crippen molar-refractivity contribution in [3.63, 3.8) is 0 Å². The molecule has 0 bridgehead atoms. The summed E-state index contributed by atoms with van der Waals surface area (Å²) >= 11 is 17.6. The lowest BCUT2D eigenvalue weighted by Crippen LogP contribution is -2.30. The Labute approximate surface area is 144 Å². The van der Waals surface area contributed by atoms with E-state index in [2.05, 4.69) is 5.32 Å². The molecular formula is C16H14Cl3NO2. The molecule has 1 amide bonds. The zero-order valence-electron chi connectivity index (χ0n) is 12.0. The Morgan fingerprint density at radius 1 is 1.09 bits per heavy atom. The summed E-state index contributed by atoms with van der Waals surface area (Å²) in [4.78, 5) is 12.2. The van der Waals surface area contributed by atoms with Gasteiger partial charge in [0.2, 0.25) is 0 Å². The molecule has 116 valence electrons. The molecule has 0 unspecified atom stereocenters. The molecule has 0 aliphatic carbocycles. The van der Waals surface area contributed by atoms with Gasteiger partial charge in [-0.15, -0.1) is 0 Å². The molecule has 22 heavy (non-hydrogen) atoms. The molecule has 0 radical (unpaired) electrons. The van der Waals surface area contributed by atoms with Crippen LogP contribution >= 0.6 is 34.8 Å². The number of hydrogen-bond acceptors (Lipinski definition) is 2. The highest BCUT2D eigenvalue weighted by Crippen LogP contribution is 2.26. The topological polar surface area (TPSA) is 38.3 Å². The van der Waals surface area contributed by atoms with Crippen LogP contribution in [0.15, 0.2) is 36.4 Å². The van der Waals surface area contributed by atoms with Crippen LogP contribution in [0.25, 0.3) is 0 Å². The molecule has 6 heteroatoms. The van der Waals surface area contributed by atoms with Crippen molar-refractivity contribution in [1.29, 1.82) is 0 Å². The fraction of sp³-hybridized carbons (Fsp3) is 0.188. The minimum Gasteiger partial charge on any atom is -0.481 e. The Balaban J connectivity index is 2.04. The van der Waals surface area contributed by atoms with Crippen molar-refractivity contribution in [1.82, 2.24) is 0 Å². The molecule has 1 atom stereocenters. The van der Waals surface area contributed by atoms with Crippen LogP contribution in [0.1, 0.15) is 12.5 Å². The minimum absolute atomic E-state index is 0.285. The maximum atomic E-state index is 12.2. The van der Waals surface area contributed by atoms with Crippen LogP contribution in [0, 0.1) is 6.92 Å². The van der Waals surface area contributed by atoms with E-state index < -0.39 is 6.10 Å². The van der Waals surface area contributed by atoms with Crippen molar-refractivity contribution in [3.05, 3.63) is 57.0 Å². The second-order valence-electron chi connectivity index (χ2n) is 4.79. The van der Waals surface area contributed by atoms with Crippen molar-refractivity contribution in [3.8, 4) is 5.75 Å². The molecule has 0 aliphatic heterocycles. The highest BCUT2D eigenvalue weighted by molar-refractivity contribution is 6.42. The number of anilines is 1. The summed E-state index contributed by atoms with van der Waals surface area (Å²) in [6, 6.07) is 10.1. The molecule has 0 spiro atoms. The van der Waals surface area contributed by atoms with Gasteiger partial charge in [0.1, 0.15) is 5.75 Å². The average Bonchev–Trinajstić information content (AvgIpc) is 2.45. The third kappa shape index (κ3) is 4.29. The number of rotatable bonds is 4. The van der Waals surface area contributed by atoms with Gasteiger partial charge in [-0.05, 0) is 55.8 Å². The number of ether oxygens (including phenoxy) is 1. The third-order valence-corrected chi connectivity index (χ3v) is 3.97. The van der Waals surface area contributed by atoms with Crippen LogP contribution in [0.2, 0.25) is 15.1 Å². The summed E-state index contributed by atoms with van der Waals surface area (Å²) in [5, 5.41) is 4.16. The third-order valence-electron chi connectivity index (χ3n) is 3.00. The molecule has 2 aromatic carbocycles. The normalized spacial score (nSPS) is 11.9. The summed E-state index contributed by atoms with van der Waals surface area (Å²) in [5.41, 5.74) is 1.42. The van der Waals surface area contributed by atoms with Gasteiger partial charge < -0.3 is 10.1 Å². The number of halogens is 3. The van der Waals surface area contributed by atoms with Gasteiger partial charge in [-0.3, -0.25) is 4.79 Å². The molecule has 0 aromatic heterocycles. The van der Waals surface area contributed by atoms with E-state index in [1.165, 1.54) is 0 Å². The molecule has 0 heterocycles. The van der Waals surface area contributed by atoms with Gasteiger partial charge in [0.15, 0.2) is 6.10 Å². The molecular weight excluding hydrogens is 345 g/mol. The van der Waals surface area contributed by atoms with Gasteiger partial charge in [-0.2, -0.15) is 0 Å². The van der Waals surface area contributed by atoms with Crippen LogP contribution in [0.5, 0.6) is 5.75 Å². The van der Waals surface area contributed by atoms with Gasteiger partial charge >= 0.3 is 0 Å². The maximum absolute atomic E-state index is 12.2. The molecule has 1 N–H and O–H groups in total. The zero-order chi connectivity index (χ0) is 16.3. The van der Waals surface area contributed by atoms with E-state index in [0.29, 0.717) is 26.5 Å². The predicted molar refractivity (Wildman–Crippen MR) is 91.4 cm³/mol. The van der Waals surface area contributed by atoms with Crippen molar-refractivity contribution in [2.75, 3.05) is 5.32 Å². The van der Waals surface area contributed by atoms with E-state index in [-0.39, 0.29) is 5.91 Å². The molecule has 0 saturated heterocycles. The van der Waals surface area contributed by atoms with E-state index in [1.807, 2.05) is 6.92 Å². The molecule has 0 aliphatic rings. The first-order valence-corrected chi connectivity index (χ1v) is 7.69. The lowest BCUT2D eigenvalue weighted by atomic mass is 10.2. The summed E-state index contributed by atoms with van der Waals surface area (Å²) in [6.07, 6.45) is -0.672. The Kier molecular flexibility index (Phi) is 5.57. The smallest absolute Gasteiger partial charge is 0.265 e. The van der Waals surface area contributed by atoms with E-state index in [9.17, 15) is 4.79 Å². The number of nitrogens with one attached hydrogen (secondary N) is 1. The molecule has 0 fully saturated rings. The number of carbonyl (C=O) groups is 1. The quantitative estimate of drug-likeness (QED) is 0.799. The highest BCUT2D eigenvalue weighted by atomic mass is 35.5. The second kappa shape index (κ2) is 7.23. The molecule has 2 aromatic rings. The number of hydrogen-bond donors (Lipinski definition) is 1. The fourth-order valence-electron chi connectivity index (χ4n) is 1.81. The SMILES string of the molecule is Cc1cc(Cl)ccc1O[C@@H](C)C(=O)Nc1ccc(Cl)c(Cl)c1. The van der Waals surface area contributed by atoms with Gasteiger partial charge in [0.05, 0.1) is 10.0 Å². The van der Waals surface area contributed by atoms with E-state index in [0.717, 1.165) is 5.56 Å². The Hall–Kier alpha value is -1.42. The number of amides is 1. The van der Waals surface area contributed by atoms with Gasteiger partial charge in [-0.1, -0.05) is 34.8 Å². The highest BCUT2D eigenvalue weighted by Gasteiger charge is 2.16. The van der Waals surface area contributed by atoms with Crippen LogP contribution in [0.3, 0.4) is 0 Å². The number of carbonyl (C=O) groups excluding carboxylic acids is 1. The monoisotopic (exact) mass is 357 g/mol. The van der Waals surface area contributed by atoms with Crippen molar-refractivity contribution in [2.24, 2.45) is 0 Å². The Morgan fingerprint density at radius 2 is 1.82 bits per heavy atom. The van der Waals surface area contributed by atoms with Gasteiger partial charge in [0.25, 0.3) is 5.91 Å². The summed E-state index contributed by atoms with van der Waals surface area (Å²) in [7, 11) is 0. The largest absolute Gasteiger partial charge is 0.481 e. The summed E-state index contributed by atoms with van der Waals surface area (Å²) in [5.74, 6) is 0.328. The van der Waals surface area contributed by atoms with Crippen LogP contribution in [-0.4, -0.2) is 12.0 Å². The standard InChI is InChI=1S/C16H14Cl3NO2/c1-9-7-11(17)3-6-15(9)22-10(2)16(21)20-12-4-5-13(18)14(19)8-12/h3-8,10H,1-2H3,(H,20,21)/t10-/m0/s1. The van der Waals surface area contributed by atoms with Crippen LogP contribution < -0.4 is 10.1 Å². The van der Waals surface area contributed by atoms with Crippen molar-refractivity contribution in [2.45, 2.75) is 20.0 Å². The first-order chi connectivity index (χ1) is 10.4. The predicted octanol–water partition coefficient (Wildman–Crippen LogP) is 5.36. The molecule has 0 saturated carbocycles. The average molecular weight is 359 g/mol. The minimum atomic E-state index is -0.672. The second-order valence-corrected chi connectivity index (χ2v) is 6.04. The number of benzene rings is 2. The molecule has 3 nitrogen and oxygen atoms in total. The van der Waals surface area contributed by atoms with Crippen LogP contribution in [0.4, 0.5) is 5.69 Å². The van der Waals surface area contributed by atoms with E-state index in [1.54, 1.807) is 43.3 Å². The van der Waals surface area contributed by atoms with Crippen LogP contribution in [-0.2, 0) is 4.79 Å². The zero-order valence-corrected chi connectivity index (χ0v) is 14.3. The van der Waals surface area contributed by atoms with Gasteiger partial charge in [-0.25, -0.2) is 0 Å². The first kappa shape index (κ1) is 16.9. The lowest BCUT2D eigenvalue weighted by molar-refractivity contribution is -0.122. The van der Waals surface area contributed by atoms with E-state index in [4.69, 9.17) is 39.5 Å².